The molecule has 4 unspecified atom stereocenters. The summed E-state index contributed by atoms with van der Waals surface area (Å²) in [5.74, 6) is 2.85. The van der Waals surface area contributed by atoms with Gasteiger partial charge in [-0.3, -0.25) is 0 Å². The fraction of sp³-hybridized carbons (Fsp3) is 1.00. The van der Waals surface area contributed by atoms with E-state index < -0.39 is 0 Å². The molecule has 1 N–H and O–H groups in total. The molecule has 2 aliphatic carbocycles. The van der Waals surface area contributed by atoms with E-state index in [0.29, 0.717) is 5.41 Å². The molecule has 2 fully saturated rings. The smallest absolute Gasteiger partial charge is 0.0101 e. The van der Waals surface area contributed by atoms with Gasteiger partial charge in [-0.25, -0.2) is 0 Å². The van der Waals surface area contributed by atoms with Gasteiger partial charge >= 0.3 is 0 Å². The molecule has 2 aliphatic rings. The van der Waals surface area contributed by atoms with Gasteiger partial charge in [-0.2, -0.15) is 0 Å². The molecule has 0 amide bonds. The minimum Gasteiger partial charge on any atom is -0.314 e. The highest BCUT2D eigenvalue weighted by atomic mass is 14.9. The van der Waals surface area contributed by atoms with Crippen molar-refractivity contribution in [1.29, 1.82) is 0 Å². The van der Waals surface area contributed by atoms with Crippen molar-refractivity contribution in [2.75, 3.05) is 6.54 Å². The lowest BCUT2D eigenvalue weighted by Crippen LogP contribution is -2.42. The van der Waals surface area contributed by atoms with Crippen LogP contribution in [-0.2, 0) is 0 Å². The van der Waals surface area contributed by atoms with Crippen LogP contribution in [-0.4, -0.2) is 12.6 Å². The molecular weight excluding hydrogens is 158 g/mol. The second-order valence-electron chi connectivity index (χ2n) is 5.61. The minimum atomic E-state index is 0.608. The topological polar surface area (TPSA) is 12.0 Å². The van der Waals surface area contributed by atoms with E-state index in [2.05, 4.69) is 33.0 Å². The van der Waals surface area contributed by atoms with E-state index in [1.54, 1.807) is 0 Å². The zero-order valence-corrected chi connectivity index (χ0v) is 9.43. The molecule has 0 aromatic carbocycles. The molecule has 0 saturated heterocycles. The van der Waals surface area contributed by atoms with Crippen LogP contribution in [0.25, 0.3) is 0 Å². The average molecular weight is 181 g/mol. The van der Waals surface area contributed by atoms with E-state index in [9.17, 15) is 0 Å². The van der Waals surface area contributed by atoms with Gasteiger partial charge in [0.15, 0.2) is 0 Å². The zero-order valence-electron chi connectivity index (χ0n) is 9.43. The Morgan fingerprint density at radius 2 is 2.00 bits per heavy atom. The summed E-state index contributed by atoms with van der Waals surface area (Å²) in [6.07, 6.45) is 2.90. The first kappa shape index (κ1) is 9.51. The normalized spacial score (nSPS) is 47.1. The fourth-order valence-corrected chi connectivity index (χ4v) is 3.65. The standard InChI is InChI=1S/C12H23N/c1-5-13-11-7-9-6-10(11)8(2)12(9,3)4/h8-11,13H,5-7H2,1-4H3. The van der Waals surface area contributed by atoms with Crippen LogP contribution in [0.5, 0.6) is 0 Å². The molecule has 0 heterocycles. The van der Waals surface area contributed by atoms with Crippen LogP contribution >= 0.6 is 0 Å². The quantitative estimate of drug-likeness (QED) is 0.690. The van der Waals surface area contributed by atoms with Crippen molar-refractivity contribution in [1.82, 2.24) is 5.32 Å². The van der Waals surface area contributed by atoms with E-state index in [0.717, 1.165) is 30.3 Å². The number of hydrogen-bond donors (Lipinski definition) is 1. The van der Waals surface area contributed by atoms with Gasteiger partial charge in [0.1, 0.15) is 0 Å². The molecule has 4 atom stereocenters. The summed E-state index contributed by atoms with van der Waals surface area (Å²) < 4.78 is 0. The molecule has 1 nitrogen and oxygen atoms in total. The zero-order chi connectivity index (χ0) is 9.64. The summed E-state index contributed by atoms with van der Waals surface area (Å²) in [6.45, 7) is 10.7. The number of rotatable bonds is 2. The van der Waals surface area contributed by atoms with Crippen LogP contribution in [0.3, 0.4) is 0 Å². The third-order valence-electron chi connectivity index (χ3n) is 4.95. The molecule has 1 heteroatoms. The summed E-state index contributed by atoms with van der Waals surface area (Å²) in [4.78, 5) is 0. The molecule has 0 aliphatic heterocycles. The van der Waals surface area contributed by atoms with Crippen molar-refractivity contribution in [2.45, 2.75) is 46.6 Å². The van der Waals surface area contributed by atoms with E-state index in [1.165, 1.54) is 12.8 Å². The van der Waals surface area contributed by atoms with Crippen molar-refractivity contribution in [3.63, 3.8) is 0 Å². The maximum atomic E-state index is 3.64. The summed E-state index contributed by atoms with van der Waals surface area (Å²) in [6, 6.07) is 0.832. The van der Waals surface area contributed by atoms with Crippen molar-refractivity contribution >= 4 is 0 Å². The van der Waals surface area contributed by atoms with Crippen LogP contribution in [0.4, 0.5) is 0 Å². The van der Waals surface area contributed by atoms with Gasteiger partial charge in [-0.1, -0.05) is 27.7 Å². The summed E-state index contributed by atoms with van der Waals surface area (Å²) in [5, 5.41) is 3.64. The van der Waals surface area contributed by atoms with E-state index in [4.69, 9.17) is 0 Å². The Morgan fingerprint density at radius 1 is 1.31 bits per heavy atom. The number of nitrogens with one attached hydrogen (secondary N) is 1. The molecule has 0 spiro atoms. The lowest BCUT2D eigenvalue weighted by atomic mass is 9.68. The second-order valence-corrected chi connectivity index (χ2v) is 5.61. The lowest BCUT2D eigenvalue weighted by molar-refractivity contribution is 0.112. The van der Waals surface area contributed by atoms with E-state index in [1.807, 2.05) is 0 Å². The largest absolute Gasteiger partial charge is 0.314 e. The van der Waals surface area contributed by atoms with Gasteiger partial charge in [-0.15, -0.1) is 0 Å². The highest BCUT2D eigenvalue weighted by Crippen LogP contribution is 2.58. The summed E-state index contributed by atoms with van der Waals surface area (Å²) >= 11 is 0. The molecule has 2 bridgehead atoms. The van der Waals surface area contributed by atoms with Crippen LogP contribution < -0.4 is 5.32 Å². The Hall–Kier alpha value is -0.0400. The monoisotopic (exact) mass is 181 g/mol. The Kier molecular flexibility index (Phi) is 2.18. The van der Waals surface area contributed by atoms with Crippen LogP contribution in [0.2, 0.25) is 0 Å². The third kappa shape index (κ3) is 1.24. The first-order valence-electron chi connectivity index (χ1n) is 5.80. The minimum absolute atomic E-state index is 0.608. The van der Waals surface area contributed by atoms with Gasteiger partial charge in [0.2, 0.25) is 0 Å². The van der Waals surface area contributed by atoms with Crippen molar-refractivity contribution < 1.29 is 0 Å². The maximum absolute atomic E-state index is 3.64. The Bertz CT molecular complexity index is 193. The van der Waals surface area contributed by atoms with Gasteiger partial charge in [0, 0.05) is 6.04 Å². The van der Waals surface area contributed by atoms with E-state index >= 15 is 0 Å². The van der Waals surface area contributed by atoms with E-state index in [-0.39, 0.29) is 0 Å². The predicted octanol–water partition coefficient (Wildman–Crippen LogP) is 2.67. The first-order valence-corrected chi connectivity index (χ1v) is 5.80. The predicted molar refractivity (Wildman–Crippen MR) is 56.6 cm³/mol. The van der Waals surface area contributed by atoms with Crippen molar-refractivity contribution in [3.05, 3.63) is 0 Å². The van der Waals surface area contributed by atoms with Crippen LogP contribution in [0, 0.1) is 23.2 Å². The second kappa shape index (κ2) is 2.98. The Balaban J connectivity index is 2.08. The summed E-state index contributed by atoms with van der Waals surface area (Å²) in [7, 11) is 0. The third-order valence-corrected chi connectivity index (χ3v) is 4.95. The molecule has 2 saturated carbocycles. The molecule has 76 valence electrons. The number of hydrogen-bond acceptors (Lipinski definition) is 1. The Morgan fingerprint density at radius 3 is 2.46 bits per heavy atom. The molecule has 0 radical (unpaired) electrons. The highest BCUT2D eigenvalue weighted by Gasteiger charge is 2.54. The molecule has 0 aromatic rings. The van der Waals surface area contributed by atoms with Crippen LogP contribution in [0.1, 0.15) is 40.5 Å². The molecule has 2 rings (SSSR count). The number of fused-ring (bicyclic) bond motifs is 2. The SMILES string of the molecule is CCNC1CC2CC1C(C)C2(C)C. The lowest BCUT2D eigenvalue weighted by Gasteiger charge is -2.40. The highest BCUT2D eigenvalue weighted by molar-refractivity contribution is 5.06. The molecule has 13 heavy (non-hydrogen) atoms. The van der Waals surface area contributed by atoms with Gasteiger partial charge in [-0.05, 0) is 42.6 Å². The summed E-state index contributed by atoms with van der Waals surface area (Å²) in [5.41, 5.74) is 0.608. The van der Waals surface area contributed by atoms with Gasteiger partial charge < -0.3 is 5.32 Å². The fourth-order valence-electron chi connectivity index (χ4n) is 3.65. The maximum Gasteiger partial charge on any atom is 0.0101 e. The van der Waals surface area contributed by atoms with Crippen LogP contribution in [0.15, 0.2) is 0 Å². The first-order chi connectivity index (χ1) is 6.07. The Labute approximate surface area is 82.3 Å². The van der Waals surface area contributed by atoms with Crippen molar-refractivity contribution in [2.24, 2.45) is 23.2 Å². The van der Waals surface area contributed by atoms with Gasteiger partial charge in [0.25, 0.3) is 0 Å². The molecule has 0 aromatic heterocycles. The average Bonchev–Trinajstić information content (AvgIpc) is 2.54. The molecular formula is C12H23N. The van der Waals surface area contributed by atoms with Crippen molar-refractivity contribution in [3.8, 4) is 0 Å². The van der Waals surface area contributed by atoms with Gasteiger partial charge in [0.05, 0.1) is 0 Å².